The van der Waals surface area contributed by atoms with E-state index < -0.39 is 5.60 Å². The van der Waals surface area contributed by atoms with Gasteiger partial charge in [0, 0.05) is 27.9 Å². The van der Waals surface area contributed by atoms with Gasteiger partial charge in [-0.2, -0.15) is 11.8 Å². The molecule has 0 spiro atoms. The Hall–Kier alpha value is -0.850. The molecule has 1 aromatic heterocycles. The van der Waals surface area contributed by atoms with Crippen molar-refractivity contribution in [2.45, 2.75) is 19.4 Å². The highest BCUT2D eigenvalue weighted by atomic mass is 79.9. The van der Waals surface area contributed by atoms with Gasteiger partial charge in [0.1, 0.15) is 12.1 Å². The van der Waals surface area contributed by atoms with Crippen LogP contribution in [0.4, 0.5) is 5.82 Å². The summed E-state index contributed by atoms with van der Waals surface area (Å²) in [6.45, 7) is 4.45. The lowest BCUT2D eigenvalue weighted by molar-refractivity contribution is 0.107. The molecule has 2 N–H and O–H groups in total. The van der Waals surface area contributed by atoms with Crippen molar-refractivity contribution < 1.29 is 5.11 Å². The van der Waals surface area contributed by atoms with Gasteiger partial charge in [-0.1, -0.05) is 15.9 Å². The number of thioether (sulfide) groups is 1. The first-order valence-corrected chi connectivity index (χ1v) is 8.35. The maximum absolute atomic E-state index is 9.64. The molecule has 2 aromatic rings. The van der Waals surface area contributed by atoms with Crippen LogP contribution in [-0.2, 0) is 0 Å². The molecule has 4 nitrogen and oxygen atoms in total. The highest BCUT2D eigenvalue weighted by Gasteiger charge is 2.11. The van der Waals surface area contributed by atoms with Gasteiger partial charge in [-0.05, 0) is 32.0 Å². The Morgan fingerprint density at radius 3 is 2.90 bits per heavy atom. The highest BCUT2D eigenvalue weighted by Crippen LogP contribution is 2.23. The smallest absolute Gasteiger partial charge is 0.137 e. The Kier molecular flexibility index (Phi) is 5.23. The van der Waals surface area contributed by atoms with E-state index in [2.05, 4.69) is 31.2 Å². The lowest BCUT2D eigenvalue weighted by atomic mass is 10.2. The summed E-state index contributed by atoms with van der Waals surface area (Å²) in [6, 6.07) is 5.95. The monoisotopic (exact) mass is 355 g/mol. The second-order valence-electron chi connectivity index (χ2n) is 5.18. The van der Waals surface area contributed by atoms with Crippen LogP contribution in [0.1, 0.15) is 13.8 Å². The molecule has 0 unspecified atom stereocenters. The molecule has 0 aliphatic carbocycles. The van der Waals surface area contributed by atoms with E-state index in [9.17, 15) is 5.11 Å². The van der Waals surface area contributed by atoms with Crippen LogP contribution in [-0.4, -0.2) is 38.7 Å². The Morgan fingerprint density at radius 2 is 2.15 bits per heavy atom. The molecule has 0 fully saturated rings. The number of rotatable bonds is 6. The van der Waals surface area contributed by atoms with Gasteiger partial charge in [0.15, 0.2) is 0 Å². The van der Waals surface area contributed by atoms with Gasteiger partial charge in [-0.3, -0.25) is 0 Å². The number of hydrogen-bond donors (Lipinski definition) is 2. The second-order valence-corrected chi connectivity index (χ2v) is 7.20. The van der Waals surface area contributed by atoms with Crippen LogP contribution >= 0.6 is 27.7 Å². The first-order valence-electron chi connectivity index (χ1n) is 6.40. The Balaban J connectivity index is 1.95. The van der Waals surface area contributed by atoms with Crippen LogP contribution < -0.4 is 5.32 Å². The van der Waals surface area contributed by atoms with E-state index >= 15 is 0 Å². The number of benzene rings is 1. The number of anilines is 1. The number of hydrogen-bond acceptors (Lipinski definition) is 5. The van der Waals surface area contributed by atoms with E-state index in [4.69, 9.17) is 0 Å². The highest BCUT2D eigenvalue weighted by molar-refractivity contribution is 9.10. The minimum Gasteiger partial charge on any atom is -0.390 e. The minimum absolute atomic E-state index is 0.614. The maximum Gasteiger partial charge on any atom is 0.137 e. The van der Waals surface area contributed by atoms with E-state index in [0.29, 0.717) is 0 Å². The number of nitrogens with one attached hydrogen (secondary N) is 1. The molecule has 0 saturated carbocycles. The third-order valence-electron chi connectivity index (χ3n) is 2.59. The fourth-order valence-electron chi connectivity index (χ4n) is 1.73. The van der Waals surface area contributed by atoms with E-state index in [1.165, 1.54) is 0 Å². The van der Waals surface area contributed by atoms with Gasteiger partial charge in [0.05, 0.1) is 11.1 Å². The van der Waals surface area contributed by atoms with Gasteiger partial charge in [0.25, 0.3) is 0 Å². The molecule has 0 aliphatic rings. The van der Waals surface area contributed by atoms with Crippen molar-refractivity contribution in [1.29, 1.82) is 0 Å². The number of aromatic nitrogens is 2. The zero-order valence-corrected chi connectivity index (χ0v) is 14.0. The molecule has 1 aromatic carbocycles. The second kappa shape index (κ2) is 6.74. The predicted molar refractivity (Wildman–Crippen MR) is 89.4 cm³/mol. The molecule has 0 saturated heterocycles. The lowest BCUT2D eigenvalue weighted by Gasteiger charge is -2.16. The summed E-state index contributed by atoms with van der Waals surface area (Å²) in [4.78, 5) is 8.54. The quantitative estimate of drug-likeness (QED) is 0.778. The van der Waals surface area contributed by atoms with Crippen LogP contribution in [0.15, 0.2) is 29.0 Å². The molecular weight excluding hydrogens is 338 g/mol. The summed E-state index contributed by atoms with van der Waals surface area (Å²) in [7, 11) is 0. The molecule has 20 heavy (non-hydrogen) atoms. The number of aliphatic hydroxyl groups is 1. The summed E-state index contributed by atoms with van der Waals surface area (Å²) in [5, 5.41) is 14.0. The van der Waals surface area contributed by atoms with Crippen molar-refractivity contribution in [3.63, 3.8) is 0 Å². The lowest BCUT2D eigenvalue weighted by Crippen LogP contribution is -2.22. The van der Waals surface area contributed by atoms with Gasteiger partial charge in [0.2, 0.25) is 0 Å². The molecule has 0 radical (unpaired) electrons. The number of nitrogens with zero attached hydrogens (tertiary/aromatic N) is 2. The summed E-state index contributed by atoms with van der Waals surface area (Å²) < 4.78 is 1.01. The van der Waals surface area contributed by atoms with E-state index in [1.807, 2.05) is 32.0 Å². The van der Waals surface area contributed by atoms with Gasteiger partial charge < -0.3 is 10.4 Å². The van der Waals surface area contributed by atoms with Gasteiger partial charge in [-0.15, -0.1) is 0 Å². The van der Waals surface area contributed by atoms with Crippen molar-refractivity contribution >= 4 is 44.4 Å². The average Bonchev–Trinajstić information content (AvgIpc) is 2.37. The summed E-state index contributed by atoms with van der Waals surface area (Å²) >= 11 is 5.19. The fraction of sp³-hybridized carbons (Fsp3) is 0.429. The summed E-state index contributed by atoms with van der Waals surface area (Å²) in [5.74, 6) is 2.49. The van der Waals surface area contributed by atoms with Crippen LogP contribution in [0.5, 0.6) is 0 Å². The molecule has 0 amide bonds. The molecule has 0 atom stereocenters. The van der Waals surface area contributed by atoms with Crippen molar-refractivity contribution in [2.24, 2.45) is 0 Å². The number of halogens is 1. The van der Waals surface area contributed by atoms with Crippen LogP contribution in [0.2, 0.25) is 0 Å². The topological polar surface area (TPSA) is 58.0 Å². The SMILES string of the molecule is CC(C)(O)CSCCNc1ncnc2ccc(Br)cc12. The van der Waals surface area contributed by atoms with E-state index in [0.717, 1.165) is 39.2 Å². The van der Waals surface area contributed by atoms with Crippen molar-refractivity contribution in [3.8, 4) is 0 Å². The van der Waals surface area contributed by atoms with Crippen molar-refractivity contribution in [3.05, 3.63) is 29.0 Å². The minimum atomic E-state index is -0.614. The number of fused-ring (bicyclic) bond motifs is 1. The van der Waals surface area contributed by atoms with Gasteiger partial charge >= 0.3 is 0 Å². The average molecular weight is 356 g/mol. The molecule has 0 bridgehead atoms. The normalized spacial score (nSPS) is 11.8. The van der Waals surface area contributed by atoms with Crippen molar-refractivity contribution in [1.82, 2.24) is 9.97 Å². The third-order valence-corrected chi connectivity index (χ3v) is 4.49. The van der Waals surface area contributed by atoms with Crippen LogP contribution in [0, 0.1) is 0 Å². The molecule has 0 aliphatic heterocycles. The maximum atomic E-state index is 9.64. The summed E-state index contributed by atoms with van der Waals surface area (Å²) in [6.07, 6.45) is 1.57. The predicted octanol–water partition coefficient (Wildman–Crippen LogP) is 3.31. The van der Waals surface area contributed by atoms with E-state index in [-0.39, 0.29) is 0 Å². The van der Waals surface area contributed by atoms with Crippen LogP contribution in [0.25, 0.3) is 10.9 Å². The van der Waals surface area contributed by atoms with E-state index in [1.54, 1.807) is 18.1 Å². The fourth-order valence-corrected chi connectivity index (χ4v) is 2.98. The third kappa shape index (κ3) is 4.61. The zero-order chi connectivity index (χ0) is 14.6. The van der Waals surface area contributed by atoms with Crippen LogP contribution in [0.3, 0.4) is 0 Å². The standard InChI is InChI=1S/C14H18BrN3OS/c1-14(2,19)8-20-6-5-16-13-11-7-10(15)3-4-12(11)17-9-18-13/h3-4,7,9,19H,5-6,8H2,1-2H3,(H,16,17,18). The molecule has 6 heteroatoms. The first-order chi connectivity index (χ1) is 9.46. The largest absolute Gasteiger partial charge is 0.390 e. The first kappa shape index (κ1) is 15.5. The Morgan fingerprint density at radius 1 is 1.35 bits per heavy atom. The molecule has 108 valence electrons. The molecule has 1 heterocycles. The summed E-state index contributed by atoms with van der Waals surface area (Å²) in [5.41, 5.74) is 0.312. The molecule has 2 rings (SSSR count). The molecular formula is C14H18BrN3OS. The Bertz CT molecular complexity index is 586. The zero-order valence-electron chi connectivity index (χ0n) is 11.6. The van der Waals surface area contributed by atoms with Crippen molar-refractivity contribution in [2.75, 3.05) is 23.4 Å². The van der Waals surface area contributed by atoms with Gasteiger partial charge in [-0.25, -0.2) is 9.97 Å². The Labute approximate surface area is 131 Å².